The zero-order valence-electron chi connectivity index (χ0n) is 10.7. The van der Waals surface area contributed by atoms with Crippen LogP contribution in [0.25, 0.3) is 0 Å². The maximum atomic E-state index is 11.6. The summed E-state index contributed by atoms with van der Waals surface area (Å²) < 4.78 is 1.77. The summed E-state index contributed by atoms with van der Waals surface area (Å²) in [5.74, 6) is 0.0430. The van der Waals surface area contributed by atoms with Crippen molar-refractivity contribution in [3.05, 3.63) is 23.5 Å². The predicted octanol–water partition coefficient (Wildman–Crippen LogP) is 0.463. The molecule has 5 heteroatoms. The Bertz CT molecular complexity index is 442. The second-order valence-corrected chi connectivity index (χ2v) is 4.29. The third kappa shape index (κ3) is 3.33. The normalized spacial score (nSPS) is 11.9. The number of aryl methyl sites for hydroxylation is 1. The molecule has 1 aromatic heterocycles. The quantitative estimate of drug-likeness (QED) is 0.823. The monoisotopic (exact) mass is 234 g/mol. The molecule has 0 saturated carbocycles. The highest BCUT2D eigenvalue weighted by atomic mass is 16.2. The van der Waals surface area contributed by atoms with E-state index in [0.29, 0.717) is 12.2 Å². The number of nitriles is 1. The zero-order valence-corrected chi connectivity index (χ0v) is 10.7. The van der Waals surface area contributed by atoms with E-state index in [1.54, 1.807) is 23.6 Å². The van der Waals surface area contributed by atoms with Gasteiger partial charge in [-0.1, -0.05) is 0 Å². The van der Waals surface area contributed by atoms with Crippen LogP contribution >= 0.6 is 0 Å². The molecule has 1 unspecified atom stereocenters. The molecule has 0 aromatic carbocycles. The Morgan fingerprint density at radius 3 is 2.76 bits per heavy atom. The van der Waals surface area contributed by atoms with E-state index in [1.807, 2.05) is 26.2 Å². The Balaban J connectivity index is 2.56. The van der Waals surface area contributed by atoms with Crippen LogP contribution in [0.2, 0.25) is 0 Å². The summed E-state index contributed by atoms with van der Waals surface area (Å²) in [4.78, 5) is 13.2. The van der Waals surface area contributed by atoms with Gasteiger partial charge in [0.1, 0.15) is 11.8 Å². The van der Waals surface area contributed by atoms with Crippen LogP contribution in [0.3, 0.4) is 0 Å². The highest BCUT2D eigenvalue weighted by Gasteiger charge is 2.14. The van der Waals surface area contributed by atoms with E-state index in [0.717, 1.165) is 5.56 Å². The molecule has 1 N–H and O–H groups in total. The van der Waals surface area contributed by atoms with Gasteiger partial charge in [0.15, 0.2) is 0 Å². The molecule has 92 valence electrons. The molecule has 17 heavy (non-hydrogen) atoms. The molecule has 0 aliphatic carbocycles. The summed E-state index contributed by atoms with van der Waals surface area (Å²) in [5, 5.41) is 11.9. The van der Waals surface area contributed by atoms with Gasteiger partial charge in [-0.05, 0) is 18.6 Å². The third-order valence-electron chi connectivity index (χ3n) is 2.60. The molecule has 0 saturated heterocycles. The lowest BCUT2D eigenvalue weighted by Gasteiger charge is -2.17. The van der Waals surface area contributed by atoms with Crippen LogP contribution in [-0.2, 0) is 18.4 Å². The first kappa shape index (κ1) is 13.3. The fraction of sp³-hybridized carbons (Fsp3) is 0.500. The summed E-state index contributed by atoms with van der Waals surface area (Å²) in [6.07, 6.45) is 1.89. The molecule has 0 aliphatic rings. The molecular formula is C12H18N4O. The van der Waals surface area contributed by atoms with E-state index >= 15 is 0 Å². The minimum Gasteiger partial charge on any atom is -0.347 e. The number of hydrogen-bond donors (Lipinski definition) is 1. The van der Waals surface area contributed by atoms with Gasteiger partial charge in [0.25, 0.3) is 0 Å². The average molecular weight is 234 g/mol. The number of likely N-dealkylation sites (N-methyl/N-ethyl adjacent to an activating group) is 1. The smallest absolute Gasteiger partial charge is 0.238 e. The van der Waals surface area contributed by atoms with E-state index in [9.17, 15) is 4.79 Å². The van der Waals surface area contributed by atoms with Crippen LogP contribution in [0.4, 0.5) is 0 Å². The van der Waals surface area contributed by atoms with Crippen LogP contribution in [0.15, 0.2) is 12.3 Å². The molecular weight excluding hydrogens is 216 g/mol. The van der Waals surface area contributed by atoms with Crippen LogP contribution in [0.5, 0.6) is 0 Å². The van der Waals surface area contributed by atoms with Crippen molar-refractivity contribution in [2.24, 2.45) is 7.05 Å². The summed E-state index contributed by atoms with van der Waals surface area (Å²) >= 11 is 0. The Kier molecular flexibility index (Phi) is 4.30. The standard InChI is InChI=1S/C12H18N4O/c1-9(12(17)15(2)3)14-7-10-5-11(6-13)16(4)8-10/h5,8-9,14H,7H2,1-4H3. The molecule has 0 aliphatic heterocycles. The molecule has 1 atom stereocenters. The Hall–Kier alpha value is -1.80. The number of nitrogens with zero attached hydrogens (tertiary/aromatic N) is 3. The van der Waals surface area contributed by atoms with Gasteiger partial charge in [-0.25, -0.2) is 0 Å². The Morgan fingerprint density at radius 2 is 2.29 bits per heavy atom. The summed E-state index contributed by atoms with van der Waals surface area (Å²) in [6, 6.07) is 3.70. The molecule has 0 spiro atoms. The van der Waals surface area contributed by atoms with E-state index in [4.69, 9.17) is 5.26 Å². The fourth-order valence-corrected chi connectivity index (χ4v) is 1.59. The maximum absolute atomic E-state index is 11.6. The van der Waals surface area contributed by atoms with Crippen LogP contribution in [-0.4, -0.2) is 35.5 Å². The minimum absolute atomic E-state index is 0.0430. The molecule has 0 bridgehead atoms. The molecule has 1 rings (SSSR count). The zero-order chi connectivity index (χ0) is 13.0. The van der Waals surface area contributed by atoms with Gasteiger partial charge in [-0.3, -0.25) is 4.79 Å². The van der Waals surface area contributed by atoms with Crippen LogP contribution in [0.1, 0.15) is 18.2 Å². The summed E-state index contributed by atoms with van der Waals surface area (Å²) in [7, 11) is 5.30. The Labute approximate surface area is 102 Å². The molecule has 5 nitrogen and oxygen atoms in total. The number of rotatable bonds is 4. The van der Waals surface area contributed by atoms with Gasteiger partial charge in [-0.15, -0.1) is 0 Å². The molecule has 1 heterocycles. The van der Waals surface area contributed by atoms with E-state index in [1.165, 1.54) is 0 Å². The SMILES string of the molecule is CC(NCc1cc(C#N)n(C)c1)C(=O)N(C)C. The van der Waals surface area contributed by atoms with Crippen LogP contribution in [0, 0.1) is 11.3 Å². The molecule has 0 radical (unpaired) electrons. The number of nitrogens with one attached hydrogen (secondary N) is 1. The number of carbonyl (C=O) groups excluding carboxylic acids is 1. The van der Waals surface area contributed by atoms with Gasteiger partial charge >= 0.3 is 0 Å². The summed E-state index contributed by atoms with van der Waals surface area (Å²) in [6.45, 7) is 2.41. The van der Waals surface area contributed by atoms with Crippen molar-refractivity contribution in [3.63, 3.8) is 0 Å². The fourth-order valence-electron chi connectivity index (χ4n) is 1.59. The highest BCUT2D eigenvalue weighted by Crippen LogP contribution is 2.06. The lowest BCUT2D eigenvalue weighted by Crippen LogP contribution is -2.41. The van der Waals surface area contributed by atoms with Gasteiger partial charge in [-0.2, -0.15) is 5.26 Å². The second kappa shape index (κ2) is 5.51. The van der Waals surface area contributed by atoms with E-state index in [-0.39, 0.29) is 11.9 Å². The van der Waals surface area contributed by atoms with E-state index in [2.05, 4.69) is 11.4 Å². The maximum Gasteiger partial charge on any atom is 0.238 e. The highest BCUT2D eigenvalue weighted by molar-refractivity contribution is 5.80. The van der Waals surface area contributed by atoms with Gasteiger partial charge in [0.2, 0.25) is 5.91 Å². The largest absolute Gasteiger partial charge is 0.347 e. The van der Waals surface area contributed by atoms with Crippen LogP contribution < -0.4 is 5.32 Å². The van der Waals surface area contributed by atoms with Crippen molar-refractivity contribution < 1.29 is 4.79 Å². The first-order valence-corrected chi connectivity index (χ1v) is 5.45. The Morgan fingerprint density at radius 1 is 1.65 bits per heavy atom. The number of carbonyl (C=O) groups is 1. The van der Waals surface area contributed by atoms with Crippen molar-refractivity contribution in [2.45, 2.75) is 19.5 Å². The second-order valence-electron chi connectivity index (χ2n) is 4.29. The number of hydrogen-bond acceptors (Lipinski definition) is 3. The lowest BCUT2D eigenvalue weighted by atomic mass is 10.2. The van der Waals surface area contributed by atoms with Crippen molar-refractivity contribution in [1.29, 1.82) is 5.26 Å². The van der Waals surface area contributed by atoms with Crippen molar-refractivity contribution in [3.8, 4) is 6.07 Å². The predicted molar refractivity (Wildman–Crippen MR) is 65.1 cm³/mol. The lowest BCUT2D eigenvalue weighted by molar-refractivity contribution is -0.130. The number of amides is 1. The van der Waals surface area contributed by atoms with Crippen molar-refractivity contribution in [1.82, 2.24) is 14.8 Å². The minimum atomic E-state index is -0.226. The third-order valence-corrected chi connectivity index (χ3v) is 2.60. The van der Waals surface area contributed by atoms with Crippen molar-refractivity contribution in [2.75, 3.05) is 14.1 Å². The molecule has 1 aromatic rings. The van der Waals surface area contributed by atoms with Crippen molar-refractivity contribution >= 4 is 5.91 Å². The molecule has 1 amide bonds. The van der Waals surface area contributed by atoms with Gasteiger partial charge in [0.05, 0.1) is 6.04 Å². The first-order valence-electron chi connectivity index (χ1n) is 5.45. The average Bonchev–Trinajstić information content (AvgIpc) is 2.65. The van der Waals surface area contributed by atoms with Gasteiger partial charge < -0.3 is 14.8 Å². The molecule has 0 fully saturated rings. The van der Waals surface area contributed by atoms with E-state index < -0.39 is 0 Å². The van der Waals surface area contributed by atoms with Gasteiger partial charge in [0, 0.05) is 33.9 Å². The number of aromatic nitrogens is 1. The first-order chi connectivity index (χ1) is 7.95. The topological polar surface area (TPSA) is 61.1 Å². The summed E-state index contributed by atoms with van der Waals surface area (Å²) in [5.41, 5.74) is 1.62.